The van der Waals surface area contributed by atoms with Crippen molar-refractivity contribution in [3.8, 4) is 17.5 Å². The van der Waals surface area contributed by atoms with E-state index < -0.39 is 6.04 Å². The molecule has 0 radical (unpaired) electrons. The number of hydrogen-bond donors (Lipinski definition) is 2. The first kappa shape index (κ1) is 19.3. The maximum atomic E-state index is 13.2. The van der Waals surface area contributed by atoms with Crippen LogP contribution in [0.15, 0.2) is 24.3 Å². The zero-order valence-corrected chi connectivity index (χ0v) is 17.3. The number of nitrogens with two attached hydrogens (primary N) is 1. The van der Waals surface area contributed by atoms with Crippen LogP contribution in [0.3, 0.4) is 0 Å². The number of carbonyl (C=O) groups is 2. The fraction of sp³-hybridized carbons (Fsp3) is 0.524. The number of aromatic nitrogens is 4. The maximum absolute atomic E-state index is 13.2. The van der Waals surface area contributed by atoms with Gasteiger partial charge in [0.25, 0.3) is 0 Å². The largest absolute Gasteiger partial charge is 0.322 e. The minimum absolute atomic E-state index is 0.0204. The van der Waals surface area contributed by atoms with Crippen molar-refractivity contribution in [2.75, 3.05) is 18.0 Å². The topological polar surface area (TPSA) is 148 Å². The number of piperazine rings is 1. The van der Waals surface area contributed by atoms with Gasteiger partial charge in [-0.2, -0.15) is 5.26 Å². The third kappa shape index (κ3) is 2.91. The highest BCUT2D eigenvalue weighted by atomic mass is 16.2. The second-order valence-corrected chi connectivity index (χ2v) is 9.16. The molecule has 1 aromatic carbocycles. The number of benzene rings is 1. The number of hydrogen-bond acceptors (Lipinski definition) is 8. The molecule has 0 spiro atoms. The summed E-state index contributed by atoms with van der Waals surface area (Å²) in [5.74, 6) is 0.858. The van der Waals surface area contributed by atoms with E-state index in [1.165, 1.54) is 0 Å². The molecule has 3 aliphatic heterocycles. The van der Waals surface area contributed by atoms with Crippen molar-refractivity contribution in [3.05, 3.63) is 24.3 Å². The number of carbonyl (C=O) groups excluding carboxylic acids is 2. The summed E-state index contributed by atoms with van der Waals surface area (Å²) < 4.78 is 0. The summed E-state index contributed by atoms with van der Waals surface area (Å²) >= 11 is 0. The van der Waals surface area contributed by atoms with Crippen molar-refractivity contribution in [2.45, 2.75) is 49.5 Å². The maximum Gasteiger partial charge on any atom is 0.244 e. The van der Waals surface area contributed by atoms with Crippen molar-refractivity contribution in [1.29, 1.82) is 5.26 Å². The molecule has 11 nitrogen and oxygen atoms in total. The fourth-order valence-electron chi connectivity index (χ4n) is 5.70. The first-order chi connectivity index (χ1) is 15.5. The number of aromatic amines is 1. The highest BCUT2D eigenvalue weighted by molar-refractivity contribution is 6.01. The molecule has 3 N–H and O–H groups in total. The zero-order chi connectivity index (χ0) is 22.0. The molecule has 6 atom stereocenters. The standard InChI is InChI=1S/C21H23N9O2/c22-8-14-5-12-6-17(12)30(14)20(31)16(23)10-28-9-15-7-18(28)21(32)29(15)13-3-1-2-11(4-13)19-24-26-27-25-19/h1-4,12,14-18H,5-7,9-10,23H2,(H,24,25,26,27)/t12?,14-,15-,16-,17-,18-/m0/s1. The molecule has 4 fully saturated rings. The van der Waals surface area contributed by atoms with Gasteiger partial charge in [0.2, 0.25) is 11.8 Å². The van der Waals surface area contributed by atoms with Crippen molar-refractivity contribution in [2.24, 2.45) is 11.7 Å². The molecule has 1 aromatic heterocycles. The number of rotatable bonds is 5. The molecule has 4 heterocycles. The first-order valence-corrected chi connectivity index (χ1v) is 10.9. The number of fused-ring (bicyclic) bond motifs is 3. The van der Waals surface area contributed by atoms with Gasteiger partial charge in [0.1, 0.15) is 6.04 Å². The van der Waals surface area contributed by atoms with Gasteiger partial charge >= 0.3 is 0 Å². The van der Waals surface area contributed by atoms with Gasteiger partial charge in [-0.1, -0.05) is 12.1 Å². The Morgan fingerprint density at radius 1 is 1.34 bits per heavy atom. The Bertz CT molecular complexity index is 1110. The summed E-state index contributed by atoms with van der Waals surface area (Å²) in [5, 5.41) is 23.3. The lowest BCUT2D eigenvalue weighted by Gasteiger charge is -2.35. The van der Waals surface area contributed by atoms with Gasteiger partial charge in [0.15, 0.2) is 5.82 Å². The van der Waals surface area contributed by atoms with E-state index in [-0.39, 0.29) is 36.0 Å². The number of nitrogens with zero attached hydrogens (tertiary/aromatic N) is 7. The quantitative estimate of drug-likeness (QED) is 0.641. The third-order valence-electron chi connectivity index (χ3n) is 7.27. The van der Waals surface area contributed by atoms with E-state index in [9.17, 15) is 14.9 Å². The molecule has 164 valence electrons. The van der Waals surface area contributed by atoms with Crippen LogP contribution in [0.1, 0.15) is 19.3 Å². The number of nitriles is 1. The average molecular weight is 433 g/mol. The van der Waals surface area contributed by atoms with E-state index in [4.69, 9.17) is 5.73 Å². The van der Waals surface area contributed by atoms with Crippen LogP contribution in [0.4, 0.5) is 5.69 Å². The Morgan fingerprint density at radius 2 is 2.22 bits per heavy atom. The number of amides is 2. The lowest BCUT2D eigenvalue weighted by atomic mass is 10.1. The Labute approximate surface area is 184 Å². The van der Waals surface area contributed by atoms with Crippen LogP contribution in [-0.2, 0) is 9.59 Å². The molecule has 2 amide bonds. The number of tetrazole rings is 1. The lowest BCUT2D eigenvalue weighted by molar-refractivity contribution is -0.135. The number of likely N-dealkylation sites (tertiary alicyclic amines) is 2. The van der Waals surface area contributed by atoms with E-state index in [2.05, 4.69) is 26.7 Å². The Morgan fingerprint density at radius 3 is 2.97 bits per heavy atom. The van der Waals surface area contributed by atoms with Gasteiger partial charge in [0, 0.05) is 30.4 Å². The predicted molar refractivity (Wildman–Crippen MR) is 112 cm³/mol. The summed E-state index contributed by atoms with van der Waals surface area (Å²) in [6, 6.07) is 8.65. The number of anilines is 1. The van der Waals surface area contributed by atoms with E-state index in [1.807, 2.05) is 34.1 Å². The van der Waals surface area contributed by atoms with Gasteiger partial charge in [-0.3, -0.25) is 14.5 Å². The van der Waals surface area contributed by atoms with Crippen molar-refractivity contribution in [3.63, 3.8) is 0 Å². The molecule has 1 unspecified atom stereocenters. The second kappa shape index (κ2) is 7.08. The van der Waals surface area contributed by atoms with Crippen molar-refractivity contribution in [1.82, 2.24) is 30.4 Å². The number of H-pyrrole nitrogens is 1. The molecule has 3 saturated heterocycles. The van der Waals surface area contributed by atoms with Gasteiger partial charge in [-0.05, 0) is 47.7 Å². The van der Waals surface area contributed by atoms with Gasteiger partial charge in [-0.25, -0.2) is 5.10 Å². The summed E-state index contributed by atoms with van der Waals surface area (Å²) in [4.78, 5) is 31.7. The highest BCUT2D eigenvalue weighted by Gasteiger charge is 2.55. The summed E-state index contributed by atoms with van der Waals surface area (Å²) in [6.45, 7) is 0.995. The second-order valence-electron chi connectivity index (χ2n) is 9.16. The Balaban J connectivity index is 1.14. The molecule has 11 heteroatoms. The summed E-state index contributed by atoms with van der Waals surface area (Å²) in [6.07, 6.45) is 2.44. The number of piperidine rings is 1. The first-order valence-electron chi connectivity index (χ1n) is 10.9. The lowest BCUT2D eigenvalue weighted by Crippen LogP contribution is -2.57. The molecule has 2 bridgehead atoms. The smallest absolute Gasteiger partial charge is 0.244 e. The fourth-order valence-corrected chi connectivity index (χ4v) is 5.70. The normalized spacial score (nSPS) is 31.6. The van der Waals surface area contributed by atoms with Gasteiger partial charge in [0.05, 0.1) is 24.2 Å². The Kier molecular flexibility index (Phi) is 4.28. The Hall–Kier alpha value is -3.36. The third-order valence-corrected chi connectivity index (χ3v) is 7.27. The van der Waals surface area contributed by atoms with Crippen molar-refractivity contribution < 1.29 is 9.59 Å². The molecule has 6 rings (SSSR count). The van der Waals surface area contributed by atoms with Gasteiger partial charge < -0.3 is 15.5 Å². The average Bonchev–Trinajstić information content (AvgIpc) is 3.25. The van der Waals surface area contributed by atoms with Gasteiger partial charge in [-0.15, -0.1) is 5.10 Å². The van der Waals surface area contributed by atoms with E-state index >= 15 is 0 Å². The van der Waals surface area contributed by atoms with Crippen LogP contribution in [0, 0.1) is 17.2 Å². The zero-order valence-electron chi connectivity index (χ0n) is 17.3. The molecule has 32 heavy (non-hydrogen) atoms. The highest BCUT2D eigenvalue weighted by Crippen LogP contribution is 2.47. The molecule has 1 aliphatic carbocycles. The predicted octanol–water partition coefficient (Wildman–Crippen LogP) is -0.504. The molecular formula is C21H23N9O2. The van der Waals surface area contributed by atoms with Crippen LogP contribution < -0.4 is 10.6 Å². The minimum Gasteiger partial charge on any atom is -0.322 e. The molecule has 1 saturated carbocycles. The summed E-state index contributed by atoms with van der Waals surface area (Å²) in [5.41, 5.74) is 7.90. The van der Waals surface area contributed by atoms with Crippen LogP contribution in [0.2, 0.25) is 0 Å². The van der Waals surface area contributed by atoms with Crippen LogP contribution in [0.25, 0.3) is 11.4 Å². The number of nitrogens with one attached hydrogen (secondary N) is 1. The van der Waals surface area contributed by atoms with E-state index in [0.29, 0.717) is 31.3 Å². The molecule has 4 aliphatic rings. The van der Waals surface area contributed by atoms with Crippen molar-refractivity contribution >= 4 is 17.5 Å². The van der Waals surface area contributed by atoms with E-state index in [0.717, 1.165) is 24.1 Å². The minimum atomic E-state index is -0.729. The van der Waals surface area contributed by atoms with E-state index in [1.54, 1.807) is 4.90 Å². The van der Waals surface area contributed by atoms with Crippen LogP contribution in [-0.4, -0.2) is 85.5 Å². The van der Waals surface area contributed by atoms with Crippen LogP contribution >= 0.6 is 0 Å². The monoisotopic (exact) mass is 433 g/mol. The molecular weight excluding hydrogens is 410 g/mol. The SMILES string of the molecule is N#C[C@@H]1CC2C[C@@H]2N1C(=O)[C@@H](N)CN1C[C@@H]2C[C@H]1C(=O)N2c1cccc(-c2nnn[nH]2)c1. The molecule has 2 aromatic rings. The summed E-state index contributed by atoms with van der Waals surface area (Å²) in [7, 11) is 0. The van der Waals surface area contributed by atoms with Crippen LogP contribution in [0.5, 0.6) is 0 Å².